The number of hydrogen-bond acceptors (Lipinski definition) is 5. The van der Waals surface area contributed by atoms with E-state index in [4.69, 9.17) is 0 Å². The second-order valence-corrected chi connectivity index (χ2v) is 7.67. The second kappa shape index (κ2) is 9.86. The van der Waals surface area contributed by atoms with Gasteiger partial charge < -0.3 is 15.1 Å². The van der Waals surface area contributed by atoms with Gasteiger partial charge in [-0.15, -0.1) is 24.0 Å². The van der Waals surface area contributed by atoms with Crippen LogP contribution in [0.3, 0.4) is 0 Å². The largest absolute Gasteiger partial charge is 0.355 e. The zero-order valence-corrected chi connectivity index (χ0v) is 18.6. The zero-order valence-electron chi connectivity index (χ0n) is 16.3. The van der Waals surface area contributed by atoms with E-state index in [9.17, 15) is 0 Å². The molecule has 1 aromatic rings. The quantitative estimate of drug-likeness (QED) is 0.360. The van der Waals surface area contributed by atoms with Crippen LogP contribution in [0.25, 0.3) is 0 Å². The van der Waals surface area contributed by atoms with E-state index in [2.05, 4.69) is 35.0 Å². The standard InChI is InChI=1S/C19H31N7.HI/c1-20-18(23-9-10-26(17-5-6-17)15-16-3-4-16)24-11-13-25(14-12-24)19-21-7-2-8-22-19;/h2,7-8,16-17H,3-6,9-15H2,1H3,(H,20,23);1H. The third-order valence-corrected chi connectivity index (χ3v) is 5.56. The smallest absolute Gasteiger partial charge is 0.225 e. The van der Waals surface area contributed by atoms with Crippen molar-refractivity contribution in [3.63, 3.8) is 0 Å². The van der Waals surface area contributed by atoms with Crippen LogP contribution in [-0.4, -0.2) is 84.6 Å². The molecule has 7 nitrogen and oxygen atoms in total. The SMILES string of the molecule is CN=C(NCCN(CC1CC1)C1CC1)N1CCN(c2ncccn2)CC1.I. The number of halogens is 1. The minimum atomic E-state index is 0. The Balaban J connectivity index is 0.00000210. The molecule has 0 bridgehead atoms. The third-order valence-electron chi connectivity index (χ3n) is 5.56. The van der Waals surface area contributed by atoms with E-state index < -0.39 is 0 Å². The summed E-state index contributed by atoms with van der Waals surface area (Å²) in [5.41, 5.74) is 0. The summed E-state index contributed by atoms with van der Waals surface area (Å²) in [4.78, 5) is 20.5. The van der Waals surface area contributed by atoms with Gasteiger partial charge in [0.1, 0.15) is 0 Å². The maximum atomic E-state index is 4.50. The molecule has 1 N–H and O–H groups in total. The molecular formula is C19H32IN7. The lowest BCUT2D eigenvalue weighted by Crippen LogP contribution is -2.53. The minimum Gasteiger partial charge on any atom is -0.355 e. The number of nitrogens with zero attached hydrogens (tertiary/aromatic N) is 6. The van der Waals surface area contributed by atoms with E-state index in [1.165, 1.54) is 32.2 Å². The van der Waals surface area contributed by atoms with Gasteiger partial charge in [-0.3, -0.25) is 9.89 Å². The maximum absolute atomic E-state index is 4.50. The molecule has 0 unspecified atom stereocenters. The summed E-state index contributed by atoms with van der Waals surface area (Å²) >= 11 is 0. The molecular weight excluding hydrogens is 453 g/mol. The molecule has 0 radical (unpaired) electrons. The molecule has 3 fully saturated rings. The predicted octanol–water partition coefficient (Wildman–Crippen LogP) is 1.67. The number of piperazine rings is 1. The van der Waals surface area contributed by atoms with Crippen molar-refractivity contribution >= 4 is 35.9 Å². The molecule has 0 atom stereocenters. The number of anilines is 1. The van der Waals surface area contributed by atoms with Crippen molar-refractivity contribution in [1.29, 1.82) is 0 Å². The highest BCUT2D eigenvalue weighted by molar-refractivity contribution is 14.0. The Hall–Kier alpha value is -1.16. The van der Waals surface area contributed by atoms with Gasteiger partial charge in [-0.25, -0.2) is 9.97 Å². The van der Waals surface area contributed by atoms with Gasteiger partial charge in [-0.05, 0) is 37.7 Å². The number of nitrogens with one attached hydrogen (secondary N) is 1. The van der Waals surface area contributed by atoms with Gasteiger partial charge >= 0.3 is 0 Å². The summed E-state index contributed by atoms with van der Waals surface area (Å²) in [6, 6.07) is 2.72. The van der Waals surface area contributed by atoms with Gasteiger partial charge in [0, 0.05) is 71.3 Å². The fourth-order valence-corrected chi connectivity index (χ4v) is 3.71. The molecule has 2 heterocycles. The molecule has 1 saturated heterocycles. The highest BCUT2D eigenvalue weighted by atomic mass is 127. The van der Waals surface area contributed by atoms with Crippen molar-refractivity contribution in [3.8, 4) is 0 Å². The summed E-state index contributed by atoms with van der Waals surface area (Å²) in [6.07, 6.45) is 9.28. The van der Waals surface area contributed by atoms with E-state index in [-0.39, 0.29) is 24.0 Å². The van der Waals surface area contributed by atoms with E-state index in [1.807, 2.05) is 25.5 Å². The van der Waals surface area contributed by atoms with Gasteiger partial charge in [0.25, 0.3) is 0 Å². The van der Waals surface area contributed by atoms with Crippen LogP contribution in [0.4, 0.5) is 5.95 Å². The summed E-state index contributed by atoms with van der Waals surface area (Å²) in [5, 5.41) is 3.59. The van der Waals surface area contributed by atoms with E-state index >= 15 is 0 Å². The van der Waals surface area contributed by atoms with Crippen molar-refractivity contribution < 1.29 is 0 Å². The topological polar surface area (TPSA) is 59.9 Å². The first-order valence-corrected chi connectivity index (χ1v) is 10.0. The Morgan fingerprint density at radius 1 is 1.15 bits per heavy atom. The molecule has 0 spiro atoms. The van der Waals surface area contributed by atoms with Crippen molar-refractivity contribution in [3.05, 3.63) is 18.5 Å². The van der Waals surface area contributed by atoms with E-state index in [0.717, 1.165) is 63.1 Å². The maximum Gasteiger partial charge on any atom is 0.225 e. The van der Waals surface area contributed by atoms with Crippen LogP contribution in [0.5, 0.6) is 0 Å². The third kappa shape index (κ3) is 5.91. The lowest BCUT2D eigenvalue weighted by atomic mass is 10.3. The monoisotopic (exact) mass is 485 g/mol. The van der Waals surface area contributed by atoms with Gasteiger partial charge in [-0.1, -0.05) is 0 Å². The highest BCUT2D eigenvalue weighted by Crippen LogP contribution is 2.34. The molecule has 0 aromatic carbocycles. The molecule has 1 aromatic heterocycles. The first kappa shape index (κ1) is 20.6. The molecule has 150 valence electrons. The lowest BCUT2D eigenvalue weighted by Gasteiger charge is -2.36. The molecule has 1 aliphatic heterocycles. The Labute approximate surface area is 179 Å². The first-order valence-electron chi connectivity index (χ1n) is 10.0. The van der Waals surface area contributed by atoms with E-state index in [0.29, 0.717) is 0 Å². The normalized spacial score (nSPS) is 20.6. The first-order chi connectivity index (χ1) is 12.8. The Morgan fingerprint density at radius 2 is 1.85 bits per heavy atom. The number of guanidine groups is 1. The Bertz CT molecular complexity index is 595. The number of aliphatic imine (C=N–C) groups is 1. The van der Waals surface area contributed by atoms with Gasteiger partial charge in [0.2, 0.25) is 5.95 Å². The van der Waals surface area contributed by atoms with Crippen LogP contribution >= 0.6 is 24.0 Å². The minimum absolute atomic E-state index is 0. The lowest BCUT2D eigenvalue weighted by molar-refractivity contribution is 0.255. The molecule has 3 aliphatic rings. The number of hydrogen-bond donors (Lipinski definition) is 1. The highest BCUT2D eigenvalue weighted by Gasteiger charge is 2.33. The van der Waals surface area contributed by atoms with Gasteiger partial charge in [-0.2, -0.15) is 0 Å². The molecule has 2 saturated carbocycles. The van der Waals surface area contributed by atoms with E-state index in [1.54, 1.807) is 0 Å². The fraction of sp³-hybridized carbons (Fsp3) is 0.737. The van der Waals surface area contributed by atoms with Gasteiger partial charge in [0.05, 0.1) is 0 Å². The molecule has 0 amide bonds. The van der Waals surface area contributed by atoms with Crippen LogP contribution in [0.1, 0.15) is 25.7 Å². The fourth-order valence-electron chi connectivity index (χ4n) is 3.71. The Kier molecular flexibility index (Phi) is 7.51. The molecule has 4 rings (SSSR count). The molecule has 8 heteroatoms. The average molecular weight is 485 g/mol. The predicted molar refractivity (Wildman–Crippen MR) is 120 cm³/mol. The summed E-state index contributed by atoms with van der Waals surface area (Å²) in [5.74, 6) is 2.83. The number of rotatable bonds is 7. The van der Waals surface area contributed by atoms with Crippen molar-refractivity contribution in [2.75, 3.05) is 57.8 Å². The average Bonchev–Trinajstić information content (AvgIpc) is 3.59. The van der Waals surface area contributed by atoms with Crippen LogP contribution in [0.15, 0.2) is 23.5 Å². The van der Waals surface area contributed by atoms with Crippen molar-refractivity contribution in [2.45, 2.75) is 31.7 Å². The summed E-state index contributed by atoms with van der Waals surface area (Å²) in [7, 11) is 1.89. The molecule has 2 aliphatic carbocycles. The van der Waals surface area contributed by atoms with Gasteiger partial charge in [0.15, 0.2) is 5.96 Å². The van der Waals surface area contributed by atoms with Crippen molar-refractivity contribution in [1.82, 2.24) is 25.1 Å². The van der Waals surface area contributed by atoms with Crippen LogP contribution in [0, 0.1) is 5.92 Å². The Morgan fingerprint density at radius 3 is 2.44 bits per heavy atom. The van der Waals surface area contributed by atoms with Crippen LogP contribution in [0.2, 0.25) is 0 Å². The summed E-state index contributed by atoms with van der Waals surface area (Å²) in [6.45, 7) is 7.19. The number of aromatic nitrogens is 2. The summed E-state index contributed by atoms with van der Waals surface area (Å²) < 4.78 is 0. The van der Waals surface area contributed by atoms with Crippen molar-refractivity contribution in [2.24, 2.45) is 10.9 Å². The van der Waals surface area contributed by atoms with Crippen LogP contribution < -0.4 is 10.2 Å². The second-order valence-electron chi connectivity index (χ2n) is 7.67. The zero-order chi connectivity index (χ0) is 17.8. The van der Waals surface area contributed by atoms with Crippen LogP contribution in [-0.2, 0) is 0 Å². The molecule has 27 heavy (non-hydrogen) atoms.